The van der Waals surface area contributed by atoms with E-state index in [9.17, 15) is 9.90 Å². The monoisotopic (exact) mass is 289 g/mol. The van der Waals surface area contributed by atoms with Gasteiger partial charge in [0.2, 0.25) is 0 Å². The van der Waals surface area contributed by atoms with Gasteiger partial charge in [0.15, 0.2) is 11.5 Å². The van der Waals surface area contributed by atoms with Crippen LogP contribution in [0.15, 0.2) is 24.4 Å². The molecule has 1 fully saturated rings. The quantitative estimate of drug-likeness (QED) is 0.783. The summed E-state index contributed by atoms with van der Waals surface area (Å²) >= 11 is 0. The molecule has 0 bridgehead atoms. The van der Waals surface area contributed by atoms with Crippen LogP contribution in [0.3, 0.4) is 0 Å². The Labute approximate surface area is 122 Å². The lowest BCUT2D eigenvalue weighted by molar-refractivity contribution is -0.0290. The predicted molar refractivity (Wildman–Crippen MR) is 76.7 cm³/mol. The second-order valence-corrected chi connectivity index (χ2v) is 5.61. The van der Waals surface area contributed by atoms with E-state index in [0.717, 1.165) is 24.9 Å². The molecular weight excluding hydrogens is 270 g/mol. The molecule has 3 N–H and O–H groups in total. The summed E-state index contributed by atoms with van der Waals surface area (Å²) in [6, 6.07) is 5.04. The van der Waals surface area contributed by atoms with Crippen molar-refractivity contribution in [3.05, 3.63) is 30.2 Å². The second-order valence-electron chi connectivity index (χ2n) is 5.61. The molecular formula is C14H19N5O2. The molecule has 1 unspecified atom stereocenters. The molecule has 1 aliphatic rings. The van der Waals surface area contributed by atoms with E-state index < -0.39 is 5.60 Å². The molecule has 0 saturated heterocycles. The predicted octanol–water partition coefficient (Wildman–Crippen LogP) is 1.00. The molecule has 1 atom stereocenters. The molecule has 21 heavy (non-hydrogen) atoms. The first-order valence-electron chi connectivity index (χ1n) is 7.14. The lowest BCUT2D eigenvalue weighted by Crippen LogP contribution is -2.50. The van der Waals surface area contributed by atoms with Crippen molar-refractivity contribution in [3.63, 3.8) is 0 Å². The van der Waals surface area contributed by atoms with Crippen molar-refractivity contribution in [2.75, 3.05) is 6.54 Å². The van der Waals surface area contributed by atoms with Crippen molar-refractivity contribution >= 4 is 11.7 Å². The molecule has 2 aromatic heterocycles. The summed E-state index contributed by atoms with van der Waals surface area (Å²) < 4.78 is 1.84. The van der Waals surface area contributed by atoms with Gasteiger partial charge in [-0.2, -0.15) is 0 Å². The highest BCUT2D eigenvalue weighted by Crippen LogP contribution is 2.30. The molecule has 0 aromatic carbocycles. The van der Waals surface area contributed by atoms with E-state index in [1.165, 1.54) is 0 Å². The fourth-order valence-electron chi connectivity index (χ4n) is 2.47. The highest BCUT2D eigenvalue weighted by Gasteiger charge is 2.34. The molecule has 0 radical (unpaired) electrons. The lowest BCUT2D eigenvalue weighted by Gasteiger charge is -2.36. The van der Waals surface area contributed by atoms with Gasteiger partial charge in [0, 0.05) is 12.7 Å². The van der Waals surface area contributed by atoms with Crippen molar-refractivity contribution in [2.45, 2.75) is 37.8 Å². The maximum absolute atomic E-state index is 11.9. The highest BCUT2D eigenvalue weighted by molar-refractivity contribution is 5.74. The van der Waals surface area contributed by atoms with Gasteiger partial charge in [0.05, 0.1) is 11.6 Å². The number of aliphatic hydroxyl groups is 1. The summed E-state index contributed by atoms with van der Waals surface area (Å²) in [5.41, 5.74) is 0.0210. The zero-order valence-corrected chi connectivity index (χ0v) is 11.9. The number of amides is 2. The summed E-state index contributed by atoms with van der Waals surface area (Å²) in [7, 11) is 0. The van der Waals surface area contributed by atoms with Gasteiger partial charge in [-0.25, -0.2) is 4.79 Å². The van der Waals surface area contributed by atoms with Crippen LogP contribution in [0.1, 0.15) is 38.1 Å². The minimum absolute atomic E-state index is 0.279. The van der Waals surface area contributed by atoms with E-state index in [2.05, 4.69) is 20.8 Å². The third kappa shape index (κ3) is 2.82. The Bertz CT molecular complexity index is 650. The minimum atomic E-state index is -0.720. The van der Waals surface area contributed by atoms with Crippen molar-refractivity contribution in [1.29, 1.82) is 0 Å². The first-order valence-corrected chi connectivity index (χ1v) is 7.14. The van der Waals surface area contributed by atoms with Crippen molar-refractivity contribution in [2.24, 2.45) is 0 Å². The summed E-state index contributed by atoms with van der Waals surface area (Å²) in [5, 5.41) is 23.6. The van der Waals surface area contributed by atoms with Crippen molar-refractivity contribution in [1.82, 2.24) is 25.2 Å². The Kier molecular flexibility index (Phi) is 3.50. The Morgan fingerprint density at radius 2 is 2.29 bits per heavy atom. The number of rotatable bonds is 4. The molecule has 112 valence electrons. The number of carbonyl (C=O) groups excluding carboxylic acids is 1. The Morgan fingerprint density at radius 1 is 1.48 bits per heavy atom. The Morgan fingerprint density at radius 3 is 3.00 bits per heavy atom. The van der Waals surface area contributed by atoms with Crippen LogP contribution in [0, 0.1) is 0 Å². The van der Waals surface area contributed by atoms with Gasteiger partial charge < -0.3 is 15.7 Å². The average Bonchev–Trinajstić information content (AvgIpc) is 2.87. The van der Waals surface area contributed by atoms with Crippen LogP contribution in [-0.2, 0) is 0 Å². The number of carbonyl (C=O) groups is 1. The van der Waals surface area contributed by atoms with Gasteiger partial charge in [-0.15, -0.1) is 10.2 Å². The van der Waals surface area contributed by atoms with Crippen LogP contribution in [0.5, 0.6) is 0 Å². The van der Waals surface area contributed by atoms with Crippen LogP contribution >= 0.6 is 0 Å². The Hall–Kier alpha value is -2.15. The van der Waals surface area contributed by atoms with Crippen LogP contribution < -0.4 is 10.6 Å². The van der Waals surface area contributed by atoms with E-state index in [1.54, 1.807) is 0 Å². The second kappa shape index (κ2) is 5.33. The number of nitrogens with zero attached hydrogens (tertiary/aromatic N) is 3. The first kappa shape index (κ1) is 13.8. The number of aromatic nitrogens is 3. The molecule has 2 heterocycles. The molecule has 3 rings (SSSR count). The fraction of sp³-hybridized carbons (Fsp3) is 0.500. The largest absolute Gasteiger partial charge is 0.388 e. The molecule has 2 amide bonds. The number of fused-ring (bicyclic) bond motifs is 1. The van der Waals surface area contributed by atoms with Gasteiger partial charge in [0.25, 0.3) is 0 Å². The Balaban J connectivity index is 1.60. The SMILES string of the molecule is CC(NC(=O)NCC1(O)CCC1)c1nnc2ccccn12. The van der Waals surface area contributed by atoms with Gasteiger partial charge in [-0.1, -0.05) is 6.07 Å². The van der Waals surface area contributed by atoms with Gasteiger partial charge in [0.1, 0.15) is 0 Å². The molecule has 7 heteroatoms. The van der Waals surface area contributed by atoms with E-state index >= 15 is 0 Å². The molecule has 0 aliphatic heterocycles. The highest BCUT2D eigenvalue weighted by atomic mass is 16.3. The number of pyridine rings is 1. The topological polar surface area (TPSA) is 91.5 Å². The summed E-state index contributed by atoms with van der Waals surface area (Å²) in [6.45, 7) is 2.13. The molecule has 1 aliphatic carbocycles. The van der Waals surface area contributed by atoms with Crippen LogP contribution in [0.4, 0.5) is 4.79 Å². The average molecular weight is 289 g/mol. The maximum atomic E-state index is 11.9. The first-order chi connectivity index (χ1) is 10.1. The van der Waals surface area contributed by atoms with Crippen molar-refractivity contribution < 1.29 is 9.90 Å². The summed E-state index contributed by atoms with van der Waals surface area (Å²) in [4.78, 5) is 11.9. The normalized spacial score (nSPS) is 18.0. The lowest BCUT2D eigenvalue weighted by atomic mass is 9.80. The minimum Gasteiger partial charge on any atom is -0.388 e. The zero-order valence-electron chi connectivity index (χ0n) is 11.9. The third-order valence-electron chi connectivity index (χ3n) is 3.94. The summed E-state index contributed by atoms with van der Waals surface area (Å²) in [6.07, 6.45) is 4.37. The smallest absolute Gasteiger partial charge is 0.315 e. The standard InChI is InChI=1S/C14H19N5O2/c1-10(12-18-17-11-5-2-3-8-19(11)12)16-13(20)15-9-14(21)6-4-7-14/h2-3,5,8,10,21H,4,6-7,9H2,1H3,(H2,15,16,20). The molecule has 7 nitrogen and oxygen atoms in total. The molecule has 2 aromatic rings. The molecule has 0 spiro atoms. The number of hydrogen-bond acceptors (Lipinski definition) is 4. The number of nitrogens with one attached hydrogen (secondary N) is 2. The van der Waals surface area contributed by atoms with E-state index in [1.807, 2.05) is 35.7 Å². The number of hydrogen-bond donors (Lipinski definition) is 3. The van der Waals surface area contributed by atoms with E-state index in [0.29, 0.717) is 5.82 Å². The van der Waals surface area contributed by atoms with Crippen molar-refractivity contribution in [3.8, 4) is 0 Å². The number of urea groups is 1. The van der Waals surface area contributed by atoms with Gasteiger partial charge in [-0.3, -0.25) is 4.40 Å². The van der Waals surface area contributed by atoms with E-state index in [-0.39, 0.29) is 18.6 Å². The summed E-state index contributed by atoms with van der Waals surface area (Å²) in [5.74, 6) is 0.670. The van der Waals surface area contributed by atoms with Crippen LogP contribution in [0.2, 0.25) is 0 Å². The van der Waals surface area contributed by atoms with Gasteiger partial charge in [-0.05, 0) is 38.3 Å². The zero-order chi connectivity index (χ0) is 14.9. The van der Waals surface area contributed by atoms with Gasteiger partial charge >= 0.3 is 6.03 Å². The van der Waals surface area contributed by atoms with E-state index in [4.69, 9.17) is 0 Å². The van der Waals surface area contributed by atoms with Crippen LogP contribution in [0.25, 0.3) is 5.65 Å². The molecule has 1 saturated carbocycles. The third-order valence-corrected chi connectivity index (χ3v) is 3.94. The fourth-order valence-corrected chi connectivity index (χ4v) is 2.47. The van der Waals surface area contributed by atoms with Crippen LogP contribution in [-0.4, -0.2) is 37.9 Å². The maximum Gasteiger partial charge on any atom is 0.315 e.